The van der Waals surface area contributed by atoms with Crippen LogP contribution in [0.2, 0.25) is 0 Å². The Morgan fingerprint density at radius 3 is 2.56 bits per heavy atom. The molecule has 32 heavy (non-hydrogen) atoms. The summed E-state index contributed by atoms with van der Waals surface area (Å²) in [4.78, 5) is 12.6. The minimum atomic E-state index is -0.416. The maximum atomic E-state index is 12.6. The number of carbonyl (C=O) groups excluding carboxylic acids is 1. The van der Waals surface area contributed by atoms with E-state index in [0.29, 0.717) is 12.3 Å². The van der Waals surface area contributed by atoms with Crippen molar-refractivity contribution in [1.82, 2.24) is 0 Å². The molecule has 0 amide bonds. The van der Waals surface area contributed by atoms with Gasteiger partial charge < -0.3 is 9.84 Å². The van der Waals surface area contributed by atoms with Crippen LogP contribution in [0.4, 0.5) is 0 Å². The summed E-state index contributed by atoms with van der Waals surface area (Å²) >= 11 is 0. The number of fused-ring (bicyclic) bond motifs is 2. The van der Waals surface area contributed by atoms with E-state index in [1.54, 1.807) is 0 Å². The predicted octanol–water partition coefficient (Wildman–Crippen LogP) is 5.83. The molecule has 0 heterocycles. The van der Waals surface area contributed by atoms with Gasteiger partial charge in [-0.3, -0.25) is 4.79 Å². The predicted molar refractivity (Wildman–Crippen MR) is 127 cm³/mol. The number of aliphatic hydroxyl groups excluding tert-OH is 1. The molecule has 5 rings (SSSR count). The summed E-state index contributed by atoms with van der Waals surface area (Å²) < 4.78 is 5.16. The molecule has 4 aliphatic carbocycles. The van der Waals surface area contributed by atoms with Gasteiger partial charge in [-0.25, -0.2) is 0 Å². The van der Waals surface area contributed by atoms with Crippen molar-refractivity contribution in [2.45, 2.75) is 70.3 Å². The van der Waals surface area contributed by atoms with E-state index in [9.17, 15) is 9.90 Å². The molecule has 8 atom stereocenters. The van der Waals surface area contributed by atoms with Gasteiger partial charge in [0, 0.05) is 17.8 Å². The van der Waals surface area contributed by atoms with E-state index in [4.69, 9.17) is 4.74 Å². The minimum Gasteiger partial charge on any atom is -0.469 e. The first kappa shape index (κ1) is 21.9. The van der Waals surface area contributed by atoms with Crippen LogP contribution in [0, 0.1) is 34.5 Å². The second kappa shape index (κ2) is 7.87. The molecule has 3 saturated carbocycles. The molecular weight excluding hydrogens is 396 g/mol. The molecule has 172 valence electrons. The zero-order valence-corrected chi connectivity index (χ0v) is 19.8. The van der Waals surface area contributed by atoms with Crippen molar-refractivity contribution in [1.29, 1.82) is 0 Å². The highest BCUT2D eigenvalue weighted by Gasteiger charge is 2.80. The van der Waals surface area contributed by atoms with E-state index in [1.165, 1.54) is 31.9 Å². The van der Waals surface area contributed by atoms with Crippen molar-refractivity contribution in [2.24, 2.45) is 34.5 Å². The normalized spacial score (nSPS) is 44.1. The summed E-state index contributed by atoms with van der Waals surface area (Å²) in [7, 11) is 1.49. The Kier molecular flexibility index (Phi) is 5.40. The lowest BCUT2D eigenvalue weighted by Gasteiger charge is -2.52. The number of carbonyl (C=O) groups is 1. The monoisotopic (exact) mass is 434 g/mol. The number of hydrogen-bond acceptors (Lipinski definition) is 3. The fourth-order valence-electron chi connectivity index (χ4n) is 8.98. The molecule has 1 aromatic carbocycles. The smallest absolute Gasteiger partial charge is 0.305 e. The van der Waals surface area contributed by atoms with Crippen LogP contribution in [-0.4, -0.2) is 24.3 Å². The second-order valence-corrected chi connectivity index (χ2v) is 10.9. The van der Waals surface area contributed by atoms with Gasteiger partial charge in [-0.05, 0) is 59.8 Å². The molecule has 0 aromatic heterocycles. The fraction of sp³-hybridized carbons (Fsp3) is 0.621. The Labute approximate surface area is 192 Å². The Bertz CT molecular complexity index is 920. The molecule has 1 aromatic rings. The third-order valence-electron chi connectivity index (χ3n) is 10.1. The van der Waals surface area contributed by atoms with Crippen molar-refractivity contribution in [3.05, 3.63) is 60.2 Å². The maximum Gasteiger partial charge on any atom is 0.305 e. The Hall–Kier alpha value is -1.87. The van der Waals surface area contributed by atoms with E-state index in [0.717, 1.165) is 19.3 Å². The van der Waals surface area contributed by atoms with E-state index < -0.39 is 6.10 Å². The Morgan fingerprint density at radius 1 is 1.09 bits per heavy atom. The van der Waals surface area contributed by atoms with Crippen molar-refractivity contribution in [3.8, 4) is 0 Å². The number of aliphatic hydroxyl groups is 1. The van der Waals surface area contributed by atoms with Crippen molar-refractivity contribution in [2.75, 3.05) is 7.11 Å². The molecule has 3 nitrogen and oxygen atoms in total. The van der Waals surface area contributed by atoms with Gasteiger partial charge in [0.1, 0.15) is 0 Å². The van der Waals surface area contributed by atoms with Gasteiger partial charge in [0.15, 0.2) is 0 Å². The largest absolute Gasteiger partial charge is 0.469 e. The van der Waals surface area contributed by atoms with Crippen LogP contribution in [0.25, 0.3) is 0 Å². The number of esters is 1. The first-order valence-electron chi connectivity index (χ1n) is 12.6. The van der Waals surface area contributed by atoms with Crippen LogP contribution in [0.1, 0.15) is 64.4 Å². The highest BCUT2D eigenvalue weighted by molar-refractivity contribution is 5.70. The molecule has 4 aliphatic rings. The maximum absolute atomic E-state index is 12.6. The van der Waals surface area contributed by atoms with Gasteiger partial charge in [0.2, 0.25) is 0 Å². The SMILES string of the molecule is CC/C=C\C[C@@H]1[C@@H](O)[C@@H]2[C@H]([C@@H]1CC(=O)OC)[C@]13C=C[C@@]2(c2ccccc2)[C@@]1(C)CCCC3. The quantitative estimate of drug-likeness (QED) is 0.452. The third-order valence-corrected chi connectivity index (χ3v) is 10.1. The number of allylic oxidation sites excluding steroid dienone is 4. The summed E-state index contributed by atoms with van der Waals surface area (Å²) in [5.41, 5.74) is 1.30. The molecular formula is C29H38O3. The van der Waals surface area contributed by atoms with Crippen molar-refractivity contribution < 1.29 is 14.6 Å². The summed E-state index contributed by atoms with van der Waals surface area (Å²) in [5, 5.41) is 12.0. The number of hydrogen-bond donors (Lipinski definition) is 1. The van der Waals surface area contributed by atoms with Gasteiger partial charge in [0.25, 0.3) is 0 Å². The van der Waals surface area contributed by atoms with E-state index in [2.05, 4.69) is 68.5 Å². The minimum absolute atomic E-state index is 0.0502. The van der Waals surface area contributed by atoms with Crippen LogP contribution in [-0.2, 0) is 14.9 Å². The topological polar surface area (TPSA) is 46.5 Å². The molecule has 0 unspecified atom stereocenters. The summed E-state index contributed by atoms with van der Waals surface area (Å²) in [6.07, 6.45) is 16.1. The van der Waals surface area contributed by atoms with E-state index >= 15 is 0 Å². The third kappa shape index (κ3) is 2.61. The molecule has 0 saturated heterocycles. The number of rotatable bonds is 6. The molecule has 2 bridgehead atoms. The lowest BCUT2D eigenvalue weighted by Crippen LogP contribution is -2.49. The van der Waals surface area contributed by atoms with Crippen molar-refractivity contribution in [3.63, 3.8) is 0 Å². The molecule has 1 N–H and O–H groups in total. The number of ether oxygens (including phenoxy) is 1. The Balaban J connectivity index is 1.68. The average Bonchev–Trinajstić information content (AvgIpc) is 3.33. The Morgan fingerprint density at radius 2 is 1.84 bits per heavy atom. The van der Waals surface area contributed by atoms with Crippen LogP contribution in [0.5, 0.6) is 0 Å². The second-order valence-electron chi connectivity index (χ2n) is 10.9. The van der Waals surface area contributed by atoms with Gasteiger partial charge in [0.05, 0.1) is 13.2 Å². The lowest BCUT2D eigenvalue weighted by atomic mass is 9.51. The highest BCUT2D eigenvalue weighted by Crippen LogP contribution is 2.82. The van der Waals surface area contributed by atoms with Crippen LogP contribution < -0.4 is 0 Å². The number of methoxy groups -OCH3 is 1. The first-order chi connectivity index (χ1) is 15.5. The summed E-state index contributed by atoms with van der Waals surface area (Å²) in [6.45, 7) is 4.63. The molecule has 0 radical (unpaired) electrons. The van der Waals surface area contributed by atoms with E-state index in [-0.39, 0.29) is 40.0 Å². The lowest BCUT2D eigenvalue weighted by molar-refractivity contribution is -0.143. The molecule has 0 aliphatic heterocycles. The molecule has 3 fully saturated rings. The van der Waals surface area contributed by atoms with Gasteiger partial charge >= 0.3 is 5.97 Å². The summed E-state index contributed by atoms with van der Waals surface area (Å²) in [5.74, 6) is 0.566. The summed E-state index contributed by atoms with van der Waals surface area (Å²) in [6, 6.07) is 10.9. The van der Waals surface area contributed by atoms with Gasteiger partial charge in [-0.15, -0.1) is 0 Å². The van der Waals surface area contributed by atoms with Crippen LogP contribution in [0.15, 0.2) is 54.6 Å². The van der Waals surface area contributed by atoms with Crippen LogP contribution in [0.3, 0.4) is 0 Å². The fourth-order valence-corrected chi connectivity index (χ4v) is 8.98. The average molecular weight is 435 g/mol. The van der Waals surface area contributed by atoms with E-state index in [1.807, 2.05) is 0 Å². The molecule has 3 heteroatoms. The first-order valence-corrected chi connectivity index (χ1v) is 12.6. The highest BCUT2D eigenvalue weighted by atomic mass is 16.5. The van der Waals surface area contributed by atoms with Crippen molar-refractivity contribution >= 4 is 5.97 Å². The number of benzene rings is 1. The zero-order chi connectivity index (χ0) is 22.6. The molecule has 0 spiro atoms. The van der Waals surface area contributed by atoms with Gasteiger partial charge in [-0.1, -0.05) is 81.3 Å². The zero-order valence-electron chi connectivity index (χ0n) is 19.8. The standard InChI is InChI=1S/C29H38O3/c1-4-5-7-14-21-22(19-23(30)32-3)24-25(26(21)31)29(20-12-8-6-9-13-20)18-17-28(24)16-11-10-15-27(28,29)2/h5-9,12-13,17-18,21-22,24-26,31H,4,10-11,14-16,19H2,1-3H3/b7-5-/t21-,22+,24-,25-,26+,27-,28-,29-/m0/s1. The van der Waals surface area contributed by atoms with Crippen LogP contribution >= 0.6 is 0 Å². The van der Waals surface area contributed by atoms with Gasteiger partial charge in [-0.2, -0.15) is 0 Å².